The molecule has 2 unspecified atom stereocenters. The number of nitrogens with one attached hydrogen (secondary N) is 1. The Morgan fingerprint density at radius 3 is 2.75 bits per heavy atom. The van der Waals surface area contributed by atoms with Gasteiger partial charge in [-0.05, 0) is 31.6 Å². The number of nitrogens with zero attached hydrogens (tertiary/aromatic N) is 2. The number of ether oxygens (including phenoxy) is 2. The second kappa shape index (κ2) is 6.70. The predicted octanol–water partition coefficient (Wildman–Crippen LogP) is 1.66. The lowest BCUT2D eigenvalue weighted by Gasteiger charge is -2.34. The maximum absolute atomic E-state index is 5.60. The van der Waals surface area contributed by atoms with Crippen LogP contribution in [0.15, 0.2) is 12.4 Å². The van der Waals surface area contributed by atoms with E-state index in [0.717, 1.165) is 51.5 Å². The number of imidazole rings is 1. The molecule has 1 N–H and O–H groups in total. The molecule has 0 radical (unpaired) electrons. The summed E-state index contributed by atoms with van der Waals surface area (Å²) in [5.74, 6) is 1.74. The van der Waals surface area contributed by atoms with Crippen LogP contribution >= 0.6 is 0 Å². The number of aryl methyl sites for hydroxylation is 1. The fourth-order valence-corrected chi connectivity index (χ4v) is 3.27. The maximum atomic E-state index is 5.60. The molecule has 0 aliphatic carbocycles. The summed E-state index contributed by atoms with van der Waals surface area (Å²) in [7, 11) is 2.08. The molecule has 5 nitrogen and oxygen atoms in total. The van der Waals surface area contributed by atoms with E-state index in [0.29, 0.717) is 18.0 Å². The van der Waals surface area contributed by atoms with Gasteiger partial charge in [0.2, 0.25) is 0 Å². The smallest absolute Gasteiger partial charge is 0.125 e. The van der Waals surface area contributed by atoms with Crippen molar-refractivity contribution in [2.75, 3.05) is 26.4 Å². The van der Waals surface area contributed by atoms with Crippen LogP contribution < -0.4 is 5.32 Å². The van der Waals surface area contributed by atoms with Crippen LogP contribution in [0.25, 0.3) is 0 Å². The van der Waals surface area contributed by atoms with Gasteiger partial charge in [0.15, 0.2) is 0 Å². The summed E-state index contributed by atoms with van der Waals surface area (Å²) in [5, 5.41) is 3.80. The molecule has 5 heteroatoms. The highest BCUT2D eigenvalue weighted by atomic mass is 16.5. The third-order valence-corrected chi connectivity index (χ3v) is 4.45. The zero-order valence-electron chi connectivity index (χ0n) is 12.3. The van der Waals surface area contributed by atoms with E-state index in [4.69, 9.17) is 9.47 Å². The first kappa shape index (κ1) is 14.0. The molecule has 0 bridgehead atoms. The number of hydrogen-bond donors (Lipinski definition) is 1. The van der Waals surface area contributed by atoms with Gasteiger partial charge in [0.25, 0.3) is 0 Å². The summed E-state index contributed by atoms with van der Waals surface area (Å²) >= 11 is 0. The highest BCUT2D eigenvalue weighted by Gasteiger charge is 2.30. The van der Waals surface area contributed by atoms with Gasteiger partial charge in [0.1, 0.15) is 5.82 Å². The average molecular weight is 279 g/mol. The monoisotopic (exact) mass is 279 g/mol. The summed E-state index contributed by atoms with van der Waals surface area (Å²) in [4.78, 5) is 4.58. The highest BCUT2D eigenvalue weighted by Crippen LogP contribution is 2.30. The summed E-state index contributed by atoms with van der Waals surface area (Å²) < 4.78 is 13.2. The van der Waals surface area contributed by atoms with Crippen LogP contribution in [0.5, 0.6) is 0 Å². The molecule has 2 aliphatic rings. The molecule has 112 valence electrons. The topological polar surface area (TPSA) is 48.3 Å². The number of rotatable bonds is 4. The first-order valence-electron chi connectivity index (χ1n) is 7.73. The minimum absolute atomic E-state index is 0.311. The second-order valence-corrected chi connectivity index (χ2v) is 5.90. The Hall–Kier alpha value is -0.910. The molecule has 0 aromatic carbocycles. The van der Waals surface area contributed by atoms with Crippen LogP contribution in [0.1, 0.15) is 37.5 Å². The minimum atomic E-state index is 0.311. The Bertz CT molecular complexity index is 409. The van der Waals surface area contributed by atoms with Gasteiger partial charge in [0.05, 0.1) is 12.6 Å². The van der Waals surface area contributed by atoms with Crippen LogP contribution in [0.2, 0.25) is 0 Å². The van der Waals surface area contributed by atoms with Crippen molar-refractivity contribution in [3.63, 3.8) is 0 Å². The lowest BCUT2D eigenvalue weighted by Crippen LogP contribution is -2.43. The third-order valence-electron chi connectivity index (χ3n) is 4.45. The van der Waals surface area contributed by atoms with E-state index in [9.17, 15) is 0 Å². The van der Waals surface area contributed by atoms with Crippen molar-refractivity contribution in [1.29, 1.82) is 0 Å². The van der Waals surface area contributed by atoms with Gasteiger partial charge in [-0.3, -0.25) is 0 Å². The quantitative estimate of drug-likeness (QED) is 0.910. The van der Waals surface area contributed by atoms with Gasteiger partial charge in [-0.25, -0.2) is 4.98 Å². The normalized spacial score (nSPS) is 26.6. The van der Waals surface area contributed by atoms with Crippen molar-refractivity contribution in [2.45, 2.75) is 37.8 Å². The number of hydrogen-bond acceptors (Lipinski definition) is 4. The van der Waals surface area contributed by atoms with E-state index in [2.05, 4.69) is 21.9 Å². The van der Waals surface area contributed by atoms with Crippen molar-refractivity contribution in [3.8, 4) is 0 Å². The third kappa shape index (κ3) is 3.22. The lowest BCUT2D eigenvalue weighted by molar-refractivity contribution is 0.0347. The van der Waals surface area contributed by atoms with Crippen LogP contribution in [-0.4, -0.2) is 42.0 Å². The summed E-state index contributed by atoms with van der Waals surface area (Å²) in [5.41, 5.74) is 0. The van der Waals surface area contributed by atoms with E-state index in [1.807, 2.05) is 12.4 Å². The van der Waals surface area contributed by atoms with Crippen LogP contribution in [0, 0.1) is 5.92 Å². The molecular formula is C15H25N3O2. The van der Waals surface area contributed by atoms with Crippen molar-refractivity contribution >= 4 is 0 Å². The van der Waals surface area contributed by atoms with Gasteiger partial charge in [-0.2, -0.15) is 0 Å². The molecular weight excluding hydrogens is 254 g/mol. The van der Waals surface area contributed by atoms with Gasteiger partial charge in [-0.15, -0.1) is 0 Å². The van der Waals surface area contributed by atoms with E-state index >= 15 is 0 Å². The van der Waals surface area contributed by atoms with Gasteiger partial charge in [0, 0.05) is 45.3 Å². The minimum Gasteiger partial charge on any atom is -0.381 e. The summed E-state index contributed by atoms with van der Waals surface area (Å²) in [6.07, 6.45) is 8.49. The molecule has 3 heterocycles. The second-order valence-electron chi connectivity index (χ2n) is 5.90. The summed E-state index contributed by atoms with van der Waals surface area (Å²) in [6, 6.07) is 0.763. The molecule has 1 aromatic heterocycles. The molecule has 20 heavy (non-hydrogen) atoms. The van der Waals surface area contributed by atoms with E-state index in [1.165, 1.54) is 6.42 Å². The zero-order chi connectivity index (χ0) is 13.8. The molecule has 0 amide bonds. The standard InChI is InChI=1S/C15H25N3O2/c1-18-7-6-16-15(18)14(12-4-9-19-10-5-12)17-13-3-2-8-20-11-13/h6-7,12-14,17H,2-5,8-11H2,1H3. The van der Waals surface area contributed by atoms with Crippen molar-refractivity contribution in [2.24, 2.45) is 13.0 Å². The zero-order valence-corrected chi connectivity index (χ0v) is 12.3. The van der Waals surface area contributed by atoms with Crippen LogP contribution in [-0.2, 0) is 16.5 Å². The fraction of sp³-hybridized carbons (Fsp3) is 0.800. The SMILES string of the molecule is Cn1ccnc1C(NC1CCCOC1)C1CCOCC1. The Morgan fingerprint density at radius 2 is 2.10 bits per heavy atom. The Kier molecular flexibility index (Phi) is 4.70. The maximum Gasteiger partial charge on any atom is 0.125 e. The van der Waals surface area contributed by atoms with Gasteiger partial charge < -0.3 is 19.4 Å². The predicted molar refractivity (Wildman–Crippen MR) is 76.5 cm³/mol. The van der Waals surface area contributed by atoms with E-state index in [-0.39, 0.29) is 0 Å². The molecule has 0 saturated carbocycles. The Morgan fingerprint density at radius 1 is 1.25 bits per heavy atom. The highest BCUT2D eigenvalue weighted by molar-refractivity contribution is 5.02. The first-order chi connectivity index (χ1) is 9.84. The largest absolute Gasteiger partial charge is 0.381 e. The van der Waals surface area contributed by atoms with Gasteiger partial charge in [-0.1, -0.05) is 0 Å². The number of aromatic nitrogens is 2. The first-order valence-corrected chi connectivity index (χ1v) is 7.73. The van der Waals surface area contributed by atoms with Crippen molar-refractivity contribution in [1.82, 2.24) is 14.9 Å². The molecule has 2 saturated heterocycles. The van der Waals surface area contributed by atoms with Gasteiger partial charge >= 0.3 is 0 Å². The molecule has 2 fully saturated rings. The molecule has 0 spiro atoms. The molecule has 1 aromatic rings. The van der Waals surface area contributed by atoms with Crippen LogP contribution in [0.3, 0.4) is 0 Å². The molecule has 3 rings (SSSR count). The molecule has 2 atom stereocenters. The Labute approximate surface area is 120 Å². The van der Waals surface area contributed by atoms with E-state index in [1.54, 1.807) is 0 Å². The summed E-state index contributed by atoms with van der Waals surface area (Å²) in [6.45, 7) is 3.47. The average Bonchev–Trinajstić information content (AvgIpc) is 2.93. The fourth-order valence-electron chi connectivity index (χ4n) is 3.27. The van der Waals surface area contributed by atoms with Crippen LogP contribution in [0.4, 0.5) is 0 Å². The Balaban J connectivity index is 1.73. The van der Waals surface area contributed by atoms with Crippen molar-refractivity contribution < 1.29 is 9.47 Å². The lowest BCUT2D eigenvalue weighted by atomic mass is 9.90. The van der Waals surface area contributed by atoms with E-state index < -0.39 is 0 Å². The molecule has 2 aliphatic heterocycles. The van der Waals surface area contributed by atoms with Crippen molar-refractivity contribution in [3.05, 3.63) is 18.2 Å².